The van der Waals surface area contributed by atoms with Gasteiger partial charge in [-0.05, 0) is 36.8 Å². The molecule has 2 N–H and O–H groups in total. The summed E-state index contributed by atoms with van der Waals surface area (Å²) in [6, 6.07) is 18.4. The number of hydrogen-bond donors (Lipinski definition) is 2. The molecule has 0 radical (unpaired) electrons. The Hall–Kier alpha value is -4.00. The molecule has 0 fully saturated rings. The van der Waals surface area contributed by atoms with Crippen LogP contribution in [-0.4, -0.2) is 27.1 Å². The van der Waals surface area contributed by atoms with Gasteiger partial charge in [0.05, 0.1) is 17.6 Å². The van der Waals surface area contributed by atoms with E-state index in [1.54, 1.807) is 37.4 Å². The first-order valence-corrected chi connectivity index (χ1v) is 10.2. The number of halogens is 1. The van der Waals surface area contributed by atoms with E-state index in [9.17, 15) is 14.3 Å². The van der Waals surface area contributed by atoms with Crippen molar-refractivity contribution in [1.82, 2.24) is 9.97 Å². The van der Waals surface area contributed by atoms with Crippen LogP contribution in [0.2, 0.25) is 0 Å². The Morgan fingerprint density at radius 3 is 2.62 bits per heavy atom. The van der Waals surface area contributed by atoms with E-state index in [1.807, 2.05) is 30.3 Å². The van der Waals surface area contributed by atoms with Gasteiger partial charge < -0.3 is 14.8 Å². The van der Waals surface area contributed by atoms with Crippen molar-refractivity contribution in [2.75, 3.05) is 5.32 Å². The Bertz CT molecular complexity index is 1220. The van der Waals surface area contributed by atoms with Gasteiger partial charge in [-0.1, -0.05) is 42.5 Å². The van der Waals surface area contributed by atoms with Crippen molar-refractivity contribution in [2.45, 2.75) is 25.8 Å². The van der Waals surface area contributed by atoms with Crippen LogP contribution in [0.3, 0.4) is 0 Å². The van der Waals surface area contributed by atoms with Gasteiger partial charge in [-0.25, -0.2) is 19.2 Å². The van der Waals surface area contributed by atoms with Crippen molar-refractivity contribution in [2.24, 2.45) is 0 Å². The Morgan fingerprint density at radius 1 is 1.12 bits per heavy atom. The number of furan rings is 1. The first-order valence-electron chi connectivity index (χ1n) is 10.2. The molecule has 4 rings (SSSR count). The topological polar surface area (TPSA) is 88.2 Å². The average Bonchev–Trinajstić information content (AvgIpc) is 3.19. The Morgan fingerprint density at radius 2 is 1.94 bits per heavy atom. The second kappa shape index (κ2) is 9.43. The maximum absolute atomic E-state index is 13.7. The van der Waals surface area contributed by atoms with Crippen molar-refractivity contribution < 1.29 is 18.7 Å². The lowest BCUT2D eigenvalue weighted by Crippen LogP contribution is -2.32. The molecule has 2 aromatic heterocycles. The second-order valence-corrected chi connectivity index (χ2v) is 7.47. The molecule has 0 aliphatic carbocycles. The number of hydrogen-bond acceptors (Lipinski definition) is 5. The third-order valence-electron chi connectivity index (χ3n) is 4.99. The van der Waals surface area contributed by atoms with E-state index in [1.165, 1.54) is 12.1 Å². The molecule has 4 aromatic rings. The maximum atomic E-state index is 13.7. The molecule has 0 saturated heterocycles. The van der Waals surface area contributed by atoms with E-state index >= 15 is 0 Å². The van der Waals surface area contributed by atoms with E-state index in [2.05, 4.69) is 10.3 Å². The van der Waals surface area contributed by atoms with Crippen LogP contribution in [0.1, 0.15) is 22.8 Å². The number of rotatable bonds is 8. The average molecular weight is 431 g/mol. The van der Waals surface area contributed by atoms with Gasteiger partial charge in [0.25, 0.3) is 0 Å². The van der Waals surface area contributed by atoms with Crippen LogP contribution in [0.4, 0.5) is 10.2 Å². The van der Waals surface area contributed by atoms with E-state index < -0.39 is 12.0 Å². The molecule has 2 heterocycles. The van der Waals surface area contributed by atoms with E-state index in [-0.39, 0.29) is 12.2 Å². The Labute approximate surface area is 184 Å². The molecule has 2 aromatic carbocycles. The lowest BCUT2D eigenvalue weighted by molar-refractivity contribution is -0.138. The van der Waals surface area contributed by atoms with E-state index in [0.717, 1.165) is 5.56 Å². The zero-order valence-electron chi connectivity index (χ0n) is 17.5. The number of aromatic nitrogens is 2. The largest absolute Gasteiger partial charge is 0.480 e. The first kappa shape index (κ1) is 21.2. The van der Waals surface area contributed by atoms with Gasteiger partial charge in [-0.2, -0.15) is 0 Å². The number of nitrogens with one attached hydrogen (secondary N) is 1. The summed E-state index contributed by atoms with van der Waals surface area (Å²) in [7, 11) is 0. The molecule has 6 nitrogen and oxygen atoms in total. The lowest BCUT2D eigenvalue weighted by Gasteiger charge is -2.17. The van der Waals surface area contributed by atoms with Crippen LogP contribution < -0.4 is 5.32 Å². The number of anilines is 1. The highest BCUT2D eigenvalue weighted by atomic mass is 19.1. The van der Waals surface area contributed by atoms with Crippen molar-refractivity contribution in [3.63, 3.8) is 0 Å². The quantitative estimate of drug-likeness (QED) is 0.413. The number of carboxylic acid groups (broad SMARTS) is 1. The Balaban J connectivity index is 1.68. The fourth-order valence-corrected chi connectivity index (χ4v) is 3.42. The number of aliphatic carboxylic acids is 1. The van der Waals surface area contributed by atoms with Crippen molar-refractivity contribution in [3.05, 3.63) is 102 Å². The third-order valence-corrected chi connectivity index (χ3v) is 4.99. The van der Waals surface area contributed by atoms with Crippen LogP contribution in [0.15, 0.2) is 77.3 Å². The van der Waals surface area contributed by atoms with Crippen molar-refractivity contribution >= 4 is 11.8 Å². The molecule has 162 valence electrons. The molecule has 1 unspecified atom stereocenters. The van der Waals surface area contributed by atoms with Gasteiger partial charge in [-0.15, -0.1) is 0 Å². The fraction of sp³-hybridized carbons (Fsp3) is 0.160. The van der Waals surface area contributed by atoms with E-state index in [4.69, 9.17) is 9.40 Å². The van der Waals surface area contributed by atoms with E-state index in [0.29, 0.717) is 40.7 Å². The predicted octanol–water partition coefficient (Wildman–Crippen LogP) is 4.88. The molecule has 0 aliphatic rings. The molecular formula is C25H22FN3O3. The van der Waals surface area contributed by atoms with Gasteiger partial charge in [0, 0.05) is 18.4 Å². The normalized spacial score (nSPS) is 11.8. The highest BCUT2D eigenvalue weighted by Crippen LogP contribution is 2.23. The molecule has 0 spiro atoms. The molecule has 0 bridgehead atoms. The summed E-state index contributed by atoms with van der Waals surface area (Å²) in [4.78, 5) is 21.1. The minimum absolute atomic E-state index is 0.144. The van der Waals surface area contributed by atoms with Crippen LogP contribution in [0, 0.1) is 12.7 Å². The van der Waals surface area contributed by atoms with Crippen LogP contribution in [-0.2, 0) is 17.6 Å². The van der Waals surface area contributed by atoms with Gasteiger partial charge in [-0.3, -0.25) is 0 Å². The number of carboxylic acids is 1. The van der Waals surface area contributed by atoms with Crippen LogP contribution in [0.25, 0.3) is 11.3 Å². The molecular weight excluding hydrogens is 409 g/mol. The number of carbonyl (C=O) groups is 1. The van der Waals surface area contributed by atoms with Gasteiger partial charge in [0.1, 0.15) is 29.2 Å². The highest BCUT2D eigenvalue weighted by molar-refractivity contribution is 5.77. The summed E-state index contributed by atoms with van der Waals surface area (Å²) in [5.74, 6) is 0.223. The molecule has 0 aliphatic heterocycles. The summed E-state index contributed by atoms with van der Waals surface area (Å²) in [5, 5.41) is 12.7. The molecule has 1 atom stereocenters. The molecule has 0 saturated carbocycles. The predicted molar refractivity (Wildman–Crippen MR) is 119 cm³/mol. The summed E-state index contributed by atoms with van der Waals surface area (Å²) in [6.45, 7) is 1.80. The first-order chi connectivity index (χ1) is 15.5. The van der Waals surface area contributed by atoms with Gasteiger partial charge >= 0.3 is 5.97 Å². The van der Waals surface area contributed by atoms with Gasteiger partial charge in [0.15, 0.2) is 0 Å². The SMILES string of the molecule is Cc1ccc(CC(Nc2ncc(-c3ccccc3)nc2Cc2cccc(F)c2)C(=O)O)o1. The Kier molecular flexibility index (Phi) is 6.26. The fourth-order valence-electron chi connectivity index (χ4n) is 3.42. The highest BCUT2D eigenvalue weighted by Gasteiger charge is 2.22. The second-order valence-electron chi connectivity index (χ2n) is 7.47. The zero-order valence-corrected chi connectivity index (χ0v) is 17.5. The summed E-state index contributed by atoms with van der Waals surface area (Å²) >= 11 is 0. The smallest absolute Gasteiger partial charge is 0.326 e. The van der Waals surface area contributed by atoms with Gasteiger partial charge in [0.2, 0.25) is 0 Å². The van der Waals surface area contributed by atoms with Crippen LogP contribution in [0.5, 0.6) is 0 Å². The third kappa shape index (κ3) is 5.18. The zero-order chi connectivity index (χ0) is 22.5. The number of nitrogens with zero attached hydrogens (tertiary/aromatic N) is 2. The number of benzene rings is 2. The van der Waals surface area contributed by atoms with Crippen molar-refractivity contribution in [3.8, 4) is 11.3 Å². The standard InChI is InChI=1S/C25H22FN3O3/c1-16-10-11-20(32-16)14-22(25(30)31)29-24-21(13-17-6-5-9-19(26)12-17)28-23(15-27-24)18-7-3-2-4-8-18/h2-12,15,22H,13-14H2,1H3,(H,27,29)(H,30,31). The molecule has 0 amide bonds. The molecule has 32 heavy (non-hydrogen) atoms. The lowest BCUT2D eigenvalue weighted by atomic mass is 10.1. The summed E-state index contributed by atoms with van der Waals surface area (Å²) in [5.41, 5.74) is 2.77. The minimum atomic E-state index is -1.04. The summed E-state index contributed by atoms with van der Waals surface area (Å²) < 4.78 is 19.3. The summed E-state index contributed by atoms with van der Waals surface area (Å²) in [6.07, 6.45) is 2.04. The van der Waals surface area contributed by atoms with Crippen molar-refractivity contribution in [1.29, 1.82) is 0 Å². The maximum Gasteiger partial charge on any atom is 0.326 e. The van der Waals surface area contributed by atoms with Crippen LogP contribution >= 0.6 is 0 Å². The number of aryl methyl sites for hydroxylation is 1. The monoisotopic (exact) mass is 431 g/mol. The molecule has 7 heteroatoms. The minimum Gasteiger partial charge on any atom is -0.480 e.